The van der Waals surface area contributed by atoms with E-state index in [1.54, 1.807) is 81.7 Å². The van der Waals surface area contributed by atoms with Crippen molar-refractivity contribution in [1.82, 2.24) is 14.7 Å². The maximum Gasteiger partial charge on any atom is 0.334 e. The molecule has 6 aromatic carbocycles. The molecular formula is C59H67Br3N6O10S. The number of hydrogen-bond donors (Lipinski definition) is 3. The molecule has 3 fully saturated rings. The molecule has 3 heterocycles. The maximum atomic E-state index is 13.0. The van der Waals surface area contributed by atoms with Crippen LogP contribution in [0.15, 0.2) is 159 Å². The normalized spacial score (nSPS) is 16.3. The number of amides is 6. The Kier molecular flexibility index (Phi) is 21.7. The number of nitrogens with zero attached hydrogens (tertiary/aromatic N) is 6. The van der Waals surface area contributed by atoms with Crippen LogP contribution in [-0.2, 0) is 21.4 Å². The third-order valence-electron chi connectivity index (χ3n) is 14.2. The lowest BCUT2D eigenvalue weighted by Crippen LogP contribution is -2.51. The Balaban J connectivity index is 0.000000187. The highest BCUT2D eigenvalue weighted by Crippen LogP contribution is 2.38. The molecule has 20 heteroatoms. The van der Waals surface area contributed by atoms with Gasteiger partial charge in [0.2, 0.25) is 0 Å². The molecule has 0 saturated carbocycles. The van der Waals surface area contributed by atoms with E-state index < -0.39 is 22.6 Å². The van der Waals surface area contributed by atoms with Crippen molar-refractivity contribution >= 4 is 101 Å². The molecule has 9 rings (SSSR count). The van der Waals surface area contributed by atoms with E-state index in [1.807, 2.05) is 148 Å². The summed E-state index contributed by atoms with van der Waals surface area (Å²) in [6, 6.07) is 43.9. The molecule has 6 aromatic rings. The first-order valence-corrected chi connectivity index (χ1v) is 29.1. The number of aliphatic hydroxyl groups excluding tert-OH is 2. The number of methoxy groups -OCH3 is 3. The van der Waals surface area contributed by atoms with Crippen molar-refractivity contribution < 1.29 is 48.7 Å². The van der Waals surface area contributed by atoms with Crippen LogP contribution in [0.1, 0.15) is 37.5 Å². The van der Waals surface area contributed by atoms with E-state index in [2.05, 4.69) is 47.8 Å². The number of thioether (sulfide) groups is 1. The largest absolute Gasteiger partial charge is 0.497 e. The summed E-state index contributed by atoms with van der Waals surface area (Å²) in [5.41, 5.74) is 1.51. The van der Waals surface area contributed by atoms with Gasteiger partial charge >= 0.3 is 24.1 Å². The van der Waals surface area contributed by atoms with Crippen molar-refractivity contribution in [2.75, 3.05) is 101 Å². The van der Waals surface area contributed by atoms with E-state index >= 15 is 0 Å². The highest BCUT2D eigenvalue weighted by molar-refractivity contribution is 9.11. The third kappa shape index (κ3) is 13.8. The fourth-order valence-corrected chi connectivity index (χ4v) is 10.2. The van der Waals surface area contributed by atoms with Gasteiger partial charge in [-0.1, -0.05) is 84.2 Å². The van der Waals surface area contributed by atoms with Gasteiger partial charge in [0, 0.05) is 69.7 Å². The van der Waals surface area contributed by atoms with Crippen LogP contribution in [0.3, 0.4) is 0 Å². The smallest absolute Gasteiger partial charge is 0.334 e. The molecule has 3 saturated heterocycles. The number of hydrogen-bond acceptors (Lipinski definition) is 10. The Morgan fingerprint density at radius 2 is 0.759 bits per heavy atom. The number of halogens is 3. The molecule has 3 aliphatic heterocycles. The highest BCUT2D eigenvalue weighted by atomic mass is 79.9. The molecule has 79 heavy (non-hydrogen) atoms. The summed E-state index contributed by atoms with van der Waals surface area (Å²) < 4.78 is 18.6. The molecule has 0 spiro atoms. The molecule has 420 valence electrons. The van der Waals surface area contributed by atoms with Gasteiger partial charge < -0.3 is 44.2 Å². The topological polar surface area (TPSA) is 176 Å². The second-order valence-electron chi connectivity index (χ2n) is 19.0. The highest BCUT2D eigenvalue weighted by Gasteiger charge is 2.49. The zero-order valence-electron chi connectivity index (χ0n) is 45.4. The molecule has 3 atom stereocenters. The third-order valence-corrected chi connectivity index (χ3v) is 15.8. The standard InChI is InChI=1S/C19H19BrN2O4.2C19H21BrN2O3.C2H6S/c1-19(17(23)24,13-4-3-5-16(12-13)26-2)22-11-10-21(18(22)25)15-8-6-14(20)7-9-15;2*1-19(13-23,14-4-3-5-17(12-14)25-2)22-11-10-21(18(22)24)16-8-6-15(20)7-9-16;1-3-2/h3-9,12H,10-11H2,1-2H3,(H,23,24);2*3-9,12,23H,10-11,13H2,1-2H3;1-2H3. The first-order chi connectivity index (χ1) is 37.8. The number of anilines is 3. The minimum Gasteiger partial charge on any atom is -0.497 e. The zero-order valence-corrected chi connectivity index (χ0v) is 51.0. The number of carbonyl (C=O) groups excluding carboxylic acids is 3. The lowest BCUT2D eigenvalue weighted by atomic mass is 9.90. The molecule has 0 aliphatic carbocycles. The fourth-order valence-electron chi connectivity index (χ4n) is 9.43. The first-order valence-electron chi connectivity index (χ1n) is 25.1. The van der Waals surface area contributed by atoms with Crippen LogP contribution in [0.25, 0.3) is 0 Å². The Morgan fingerprint density at radius 3 is 1.05 bits per heavy atom. The summed E-state index contributed by atoms with van der Waals surface area (Å²) in [6.45, 7) is 7.97. The Morgan fingerprint density at radius 1 is 0.481 bits per heavy atom. The van der Waals surface area contributed by atoms with Crippen LogP contribution in [0.2, 0.25) is 0 Å². The monoisotopic (exact) mass is 1290 g/mol. The molecule has 0 aromatic heterocycles. The van der Waals surface area contributed by atoms with Crippen molar-refractivity contribution in [3.8, 4) is 17.2 Å². The fraction of sp³-hybridized carbons (Fsp3) is 0.322. The molecule has 0 bridgehead atoms. The summed E-state index contributed by atoms with van der Waals surface area (Å²) in [4.78, 5) is 61.2. The predicted molar refractivity (Wildman–Crippen MR) is 323 cm³/mol. The lowest BCUT2D eigenvalue weighted by Gasteiger charge is -2.37. The number of carbonyl (C=O) groups is 4. The van der Waals surface area contributed by atoms with Gasteiger partial charge in [-0.15, -0.1) is 0 Å². The van der Waals surface area contributed by atoms with Gasteiger partial charge in [0.15, 0.2) is 5.54 Å². The van der Waals surface area contributed by atoms with Gasteiger partial charge in [-0.25, -0.2) is 19.2 Å². The van der Waals surface area contributed by atoms with Crippen molar-refractivity contribution in [1.29, 1.82) is 0 Å². The quantitative estimate of drug-likeness (QED) is 0.0892. The van der Waals surface area contributed by atoms with Crippen LogP contribution >= 0.6 is 59.6 Å². The second-order valence-corrected chi connectivity index (χ2v) is 22.6. The summed E-state index contributed by atoms with van der Waals surface area (Å²) in [5, 5.41) is 30.2. The van der Waals surface area contributed by atoms with E-state index in [0.717, 1.165) is 41.6 Å². The number of aliphatic carboxylic acids is 1. The van der Waals surface area contributed by atoms with Crippen molar-refractivity contribution in [2.24, 2.45) is 0 Å². The summed E-state index contributed by atoms with van der Waals surface area (Å²) >= 11 is 11.9. The molecule has 6 amide bonds. The van der Waals surface area contributed by atoms with Crippen LogP contribution in [-0.4, -0.2) is 140 Å². The van der Waals surface area contributed by atoms with Crippen LogP contribution in [0.4, 0.5) is 31.4 Å². The number of benzene rings is 6. The van der Waals surface area contributed by atoms with Crippen molar-refractivity contribution in [2.45, 2.75) is 37.4 Å². The molecule has 0 radical (unpaired) electrons. The lowest BCUT2D eigenvalue weighted by molar-refractivity contribution is -0.148. The number of ether oxygens (including phenoxy) is 3. The Labute approximate surface area is 492 Å². The molecule has 3 aliphatic rings. The van der Waals surface area contributed by atoms with Gasteiger partial charge in [-0.2, -0.15) is 11.8 Å². The average Bonchev–Trinajstić information content (AvgIpc) is 4.28. The Hall–Kier alpha value is -6.29. The number of carboxylic acid groups (broad SMARTS) is 1. The number of rotatable bonds is 15. The molecular weight excluding hydrogens is 1220 g/mol. The SMILES string of the molecule is COc1cccc(C(C)(C(=O)O)N2CCN(c3ccc(Br)cc3)C2=O)c1.COc1cccc(C(C)(CO)N2CCN(c3ccc(Br)cc3)C2=O)c1.COc1cccc(C(C)(CO)N2CCN(c3ccc(Br)cc3)C2=O)c1.CSC. The maximum absolute atomic E-state index is 13.0. The van der Waals surface area contributed by atoms with Crippen molar-refractivity contribution in [3.63, 3.8) is 0 Å². The number of aliphatic hydroxyl groups is 2. The molecule has 16 nitrogen and oxygen atoms in total. The minimum atomic E-state index is -1.49. The van der Waals surface area contributed by atoms with Gasteiger partial charge in [-0.3, -0.25) is 14.7 Å². The number of urea groups is 3. The molecule has 3 unspecified atom stereocenters. The average molecular weight is 1290 g/mol. The number of carboxylic acids is 1. The van der Waals surface area contributed by atoms with E-state index in [-0.39, 0.29) is 31.3 Å². The van der Waals surface area contributed by atoms with Gasteiger partial charge in [0.05, 0.1) is 45.6 Å². The first kappa shape index (κ1) is 61.9. The van der Waals surface area contributed by atoms with Crippen LogP contribution in [0.5, 0.6) is 17.2 Å². The van der Waals surface area contributed by atoms with Crippen LogP contribution < -0.4 is 28.9 Å². The predicted octanol–water partition coefficient (Wildman–Crippen LogP) is 11.9. The summed E-state index contributed by atoms with van der Waals surface area (Å²) in [5.74, 6) is 0.866. The van der Waals surface area contributed by atoms with Crippen molar-refractivity contribution in [3.05, 3.63) is 176 Å². The Bertz CT molecular complexity index is 2900. The van der Waals surface area contributed by atoms with Crippen LogP contribution in [0, 0.1) is 0 Å². The van der Waals surface area contributed by atoms with Gasteiger partial charge in [0.25, 0.3) is 0 Å². The summed E-state index contributed by atoms with van der Waals surface area (Å²) in [7, 11) is 4.73. The minimum absolute atomic E-state index is 0.110. The summed E-state index contributed by atoms with van der Waals surface area (Å²) in [6.07, 6.45) is 4.08. The van der Waals surface area contributed by atoms with Gasteiger partial charge in [-0.05, 0) is 159 Å². The van der Waals surface area contributed by atoms with E-state index in [0.29, 0.717) is 62.1 Å². The van der Waals surface area contributed by atoms with Gasteiger partial charge in [0.1, 0.15) is 17.2 Å². The molecule has 3 N–H and O–H groups in total. The van der Waals surface area contributed by atoms with E-state index in [4.69, 9.17) is 14.2 Å². The second kappa shape index (κ2) is 27.7. The van der Waals surface area contributed by atoms with E-state index in [9.17, 15) is 34.5 Å². The zero-order chi connectivity index (χ0) is 57.7. The van der Waals surface area contributed by atoms with E-state index in [1.165, 1.54) is 12.0 Å².